The molecule has 0 atom stereocenters. The normalized spacial score (nSPS) is 11.4. The predicted octanol–water partition coefficient (Wildman–Crippen LogP) is 2.27. The molecule has 3 N–H and O–H groups in total. The molecule has 1 aromatic heterocycles. The molecule has 0 saturated heterocycles. The second-order valence-electron chi connectivity index (χ2n) is 3.34. The lowest BCUT2D eigenvalue weighted by atomic mass is 10.3. The average Bonchev–Trinajstić information content (AvgIpc) is 2.68. The van der Waals surface area contributed by atoms with Gasteiger partial charge in [0, 0.05) is 11.1 Å². The van der Waals surface area contributed by atoms with Crippen molar-refractivity contribution in [3.63, 3.8) is 0 Å². The van der Waals surface area contributed by atoms with Gasteiger partial charge in [0.2, 0.25) is 0 Å². The summed E-state index contributed by atoms with van der Waals surface area (Å²) in [5, 5.41) is 3.37. The average molecular weight is 272 g/mol. The van der Waals surface area contributed by atoms with Gasteiger partial charge in [-0.25, -0.2) is 12.8 Å². The Labute approximate surface area is 102 Å². The number of nitrogens with two attached hydrogens (primary N) is 1. The van der Waals surface area contributed by atoms with Crippen LogP contribution in [0.3, 0.4) is 0 Å². The molecule has 1 aromatic carbocycles. The fourth-order valence-electron chi connectivity index (χ4n) is 1.28. The lowest BCUT2D eigenvalue weighted by Crippen LogP contribution is -2.13. The molecule has 0 aliphatic heterocycles. The molecular formula is C10H9FN2O2S2. The molecule has 0 amide bonds. The maximum atomic E-state index is 13.1. The molecule has 0 radical (unpaired) electrons. The lowest BCUT2D eigenvalue weighted by Gasteiger charge is -2.07. The van der Waals surface area contributed by atoms with Crippen molar-refractivity contribution in [1.82, 2.24) is 0 Å². The summed E-state index contributed by atoms with van der Waals surface area (Å²) in [4.78, 5) is -0.193. The fourth-order valence-corrected chi connectivity index (χ4v) is 3.05. The van der Waals surface area contributed by atoms with Crippen LogP contribution in [0, 0.1) is 5.82 Å². The van der Waals surface area contributed by atoms with Crippen LogP contribution in [0.25, 0.3) is 0 Å². The zero-order chi connectivity index (χ0) is 12.5. The molecule has 17 heavy (non-hydrogen) atoms. The van der Waals surface area contributed by atoms with Gasteiger partial charge >= 0.3 is 0 Å². The number of sulfonamides is 1. The predicted molar refractivity (Wildman–Crippen MR) is 65.9 cm³/mol. The van der Waals surface area contributed by atoms with Gasteiger partial charge in [-0.15, -0.1) is 0 Å². The minimum absolute atomic E-state index is 0.0655. The first-order chi connectivity index (χ1) is 7.97. The minimum Gasteiger partial charge on any atom is -0.399 e. The summed E-state index contributed by atoms with van der Waals surface area (Å²) in [5.74, 6) is -0.685. The van der Waals surface area contributed by atoms with Crippen LogP contribution in [-0.2, 0) is 10.0 Å². The number of rotatable bonds is 3. The molecule has 0 saturated carbocycles. The van der Waals surface area contributed by atoms with Crippen LogP contribution < -0.4 is 10.5 Å². The van der Waals surface area contributed by atoms with Crippen LogP contribution in [0.4, 0.5) is 15.8 Å². The van der Waals surface area contributed by atoms with Crippen LogP contribution in [0.5, 0.6) is 0 Å². The SMILES string of the molecule is Nc1cc(F)cc(S(=O)(=O)Nc2ccsc2)c1. The lowest BCUT2D eigenvalue weighted by molar-refractivity contribution is 0.595. The Morgan fingerprint density at radius 3 is 2.65 bits per heavy atom. The smallest absolute Gasteiger partial charge is 0.262 e. The molecular weight excluding hydrogens is 263 g/mol. The Hall–Kier alpha value is -1.60. The summed E-state index contributed by atoms with van der Waals surface area (Å²) < 4.78 is 39.1. The molecule has 90 valence electrons. The molecule has 0 fully saturated rings. The van der Waals surface area contributed by atoms with Crippen LogP contribution in [0.2, 0.25) is 0 Å². The molecule has 0 bridgehead atoms. The van der Waals surface area contributed by atoms with E-state index in [1.54, 1.807) is 16.8 Å². The highest BCUT2D eigenvalue weighted by atomic mass is 32.2. The van der Waals surface area contributed by atoms with Gasteiger partial charge in [-0.05, 0) is 29.6 Å². The van der Waals surface area contributed by atoms with Crippen LogP contribution in [0.15, 0.2) is 39.9 Å². The van der Waals surface area contributed by atoms with Gasteiger partial charge in [0.1, 0.15) is 5.82 Å². The largest absolute Gasteiger partial charge is 0.399 e. The van der Waals surface area contributed by atoms with Gasteiger partial charge in [-0.3, -0.25) is 4.72 Å². The summed E-state index contributed by atoms with van der Waals surface area (Å²) in [6.45, 7) is 0. The van der Waals surface area contributed by atoms with Crippen molar-refractivity contribution in [3.8, 4) is 0 Å². The maximum absolute atomic E-state index is 13.1. The molecule has 0 spiro atoms. The summed E-state index contributed by atoms with van der Waals surface area (Å²) >= 11 is 1.36. The summed E-state index contributed by atoms with van der Waals surface area (Å²) in [6.07, 6.45) is 0. The first-order valence-corrected chi connectivity index (χ1v) is 7.01. The van der Waals surface area contributed by atoms with Gasteiger partial charge in [-0.1, -0.05) is 0 Å². The van der Waals surface area contributed by atoms with Crippen molar-refractivity contribution in [2.75, 3.05) is 10.5 Å². The maximum Gasteiger partial charge on any atom is 0.262 e. The standard InChI is InChI=1S/C10H9FN2O2S2/c11-7-3-8(12)5-10(4-7)17(14,15)13-9-1-2-16-6-9/h1-6,13H,12H2. The van der Waals surface area contributed by atoms with Crippen LogP contribution in [-0.4, -0.2) is 8.42 Å². The molecule has 4 nitrogen and oxygen atoms in total. The number of halogens is 1. The van der Waals surface area contributed by atoms with E-state index in [2.05, 4.69) is 4.72 Å². The van der Waals surface area contributed by atoms with Crippen molar-refractivity contribution in [3.05, 3.63) is 40.8 Å². The Kier molecular flexibility index (Phi) is 3.03. The van der Waals surface area contributed by atoms with Crippen LogP contribution >= 0.6 is 11.3 Å². The van der Waals surface area contributed by atoms with Crippen molar-refractivity contribution < 1.29 is 12.8 Å². The van der Waals surface area contributed by atoms with Gasteiger partial charge in [0.15, 0.2) is 0 Å². The number of thiophene rings is 1. The number of nitrogen functional groups attached to an aromatic ring is 1. The van der Waals surface area contributed by atoms with E-state index in [-0.39, 0.29) is 10.6 Å². The number of benzene rings is 1. The Morgan fingerprint density at radius 2 is 2.06 bits per heavy atom. The van der Waals surface area contributed by atoms with Gasteiger partial charge < -0.3 is 5.73 Å². The first-order valence-electron chi connectivity index (χ1n) is 4.58. The Bertz CT molecular complexity index is 604. The molecule has 0 unspecified atom stereocenters. The van der Waals surface area contributed by atoms with Crippen molar-refractivity contribution in [1.29, 1.82) is 0 Å². The summed E-state index contributed by atoms with van der Waals surface area (Å²) in [7, 11) is -3.79. The van der Waals surface area contributed by atoms with Crippen LogP contribution in [0.1, 0.15) is 0 Å². The zero-order valence-corrected chi connectivity index (χ0v) is 10.2. The highest BCUT2D eigenvalue weighted by Gasteiger charge is 2.16. The fraction of sp³-hybridized carbons (Fsp3) is 0. The van der Waals surface area contributed by atoms with E-state index in [4.69, 9.17) is 5.73 Å². The third-order valence-electron chi connectivity index (χ3n) is 1.98. The Balaban J connectivity index is 2.38. The first kappa shape index (κ1) is 11.9. The molecule has 1 heterocycles. The van der Waals surface area contributed by atoms with E-state index in [1.165, 1.54) is 17.4 Å². The number of nitrogens with one attached hydrogen (secondary N) is 1. The summed E-state index contributed by atoms with van der Waals surface area (Å²) in [6, 6.07) is 4.80. The topological polar surface area (TPSA) is 72.2 Å². The van der Waals surface area contributed by atoms with E-state index >= 15 is 0 Å². The zero-order valence-electron chi connectivity index (χ0n) is 8.55. The molecule has 0 aliphatic carbocycles. The second kappa shape index (κ2) is 4.34. The number of anilines is 2. The van der Waals surface area contributed by atoms with Gasteiger partial charge in [0.25, 0.3) is 10.0 Å². The van der Waals surface area contributed by atoms with Crippen molar-refractivity contribution in [2.45, 2.75) is 4.90 Å². The minimum atomic E-state index is -3.79. The van der Waals surface area contributed by atoms with E-state index in [0.717, 1.165) is 12.1 Å². The third kappa shape index (κ3) is 2.75. The molecule has 2 rings (SSSR count). The molecule has 0 aliphatic rings. The molecule has 2 aromatic rings. The quantitative estimate of drug-likeness (QED) is 0.842. The monoisotopic (exact) mass is 272 g/mol. The van der Waals surface area contributed by atoms with Gasteiger partial charge in [0.05, 0.1) is 10.6 Å². The van der Waals surface area contributed by atoms with E-state index in [0.29, 0.717) is 5.69 Å². The third-order valence-corrected chi connectivity index (χ3v) is 4.02. The highest BCUT2D eigenvalue weighted by Crippen LogP contribution is 2.20. The summed E-state index contributed by atoms with van der Waals surface area (Å²) in [5.41, 5.74) is 5.91. The second-order valence-corrected chi connectivity index (χ2v) is 5.80. The number of hydrogen-bond acceptors (Lipinski definition) is 4. The highest BCUT2D eigenvalue weighted by molar-refractivity contribution is 7.92. The Morgan fingerprint density at radius 1 is 1.29 bits per heavy atom. The van der Waals surface area contributed by atoms with Crippen molar-refractivity contribution >= 4 is 32.7 Å². The molecule has 7 heteroatoms. The van der Waals surface area contributed by atoms with E-state index in [1.807, 2.05) is 0 Å². The van der Waals surface area contributed by atoms with Crippen molar-refractivity contribution in [2.24, 2.45) is 0 Å². The van der Waals surface area contributed by atoms with E-state index in [9.17, 15) is 12.8 Å². The van der Waals surface area contributed by atoms with E-state index < -0.39 is 15.8 Å². The van der Waals surface area contributed by atoms with Gasteiger partial charge in [-0.2, -0.15) is 11.3 Å². The number of hydrogen-bond donors (Lipinski definition) is 2.